The van der Waals surface area contributed by atoms with Crippen LogP contribution in [0.3, 0.4) is 0 Å². The number of nitrogens with zero attached hydrogens (tertiary/aromatic N) is 1. The van der Waals surface area contributed by atoms with Gasteiger partial charge >= 0.3 is 5.76 Å². The number of aromatic nitrogens is 1. The number of ether oxygens (including phenoxy) is 1. The Kier molecular flexibility index (Phi) is 3.98. The van der Waals surface area contributed by atoms with Gasteiger partial charge in [-0.2, -0.15) is 0 Å². The number of hydrogen-bond acceptors (Lipinski definition) is 4. The molecule has 1 unspecified atom stereocenters. The Balaban J connectivity index is 1.95. The van der Waals surface area contributed by atoms with E-state index in [9.17, 15) is 4.79 Å². The topological polar surface area (TPSA) is 70.4 Å². The lowest BCUT2D eigenvalue weighted by Crippen LogP contribution is -2.24. The molecule has 0 saturated carbocycles. The van der Waals surface area contributed by atoms with E-state index in [1.54, 1.807) is 10.6 Å². The van der Waals surface area contributed by atoms with E-state index in [0.29, 0.717) is 18.7 Å². The molecule has 3 aromatic rings. The fourth-order valence-electron chi connectivity index (χ4n) is 2.56. The molecule has 0 aliphatic carbocycles. The largest absolute Gasteiger partial charge is 0.494 e. The van der Waals surface area contributed by atoms with E-state index in [-0.39, 0.29) is 6.04 Å². The number of oxazole rings is 1. The fourth-order valence-corrected chi connectivity index (χ4v) is 2.56. The lowest BCUT2D eigenvalue weighted by atomic mass is 10.1. The summed E-state index contributed by atoms with van der Waals surface area (Å²) in [4.78, 5) is 12.0. The van der Waals surface area contributed by atoms with Crippen LogP contribution in [0.4, 0.5) is 0 Å². The lowest BCUT2D eigenvalue weighted by molar-refractivity contribution is 0.332. The summed E-state index contributed by atoms with van der Waals surface area (Å²) in [6, 6.07) is 14.6. The van der Waals surface area contributed by atoms with Crippen LogP contribution in [-0.4, -0.2) is 11.2 Å². The van der Waals surface area contributed by atoms with Crippen molar-refractivity contribution in [3.8, 4) is 5.75 Å². The van der Waals surface area contributed by atoms with Crippen LogP contribution < -0.4 is 16.2 Å². The predicted octanol–water partition coefficient (Wildman–Crippen LogP) is 2.69. The monoisotopic (exact) mass is 298 g/mol. The summed E-state index contributed by atoms with van der Waals surface area (Å²) in [5.74, 6) is 0.351. The van der Waals surface area contributed by atoms with Crippen LogP contribution in [0.2, 0.25) is 0 Å². The van der Waals surface area contributed by atoms with Gasteiger partial charge in [0, 0.05) is 12.1 Å². The molecule has 22 heavy (non-hydrogen) atoms. The summed E-state index contributed by atoms with van der Waals surface area (Å²) in [6.45, 7) is 2.83. The highest BCUT2D eigenvalue weighted by Crippen LogP contribution is 2.25. The van der Waals surface area contributed by atoms with Crippen molar-refractivity contribution < 1.29 is 9.15 Å². The molecular formula is C17H18N2O3. The van der Waals surface area contributed by atoms with Crippen molar-refractivity contribution in [2.45, 2.75) is 19.5 Å². The van der Waals surface area contributed by atoms with Gasteiger partial charge in [-0.3, -0.25) is 4.57 Å². The van der Waals surface area contributed by atoms with Crippen LogP contribution in [-0.2, 0) is 6.54 Å². The van der Waals surface area contributed by atoms with Crippen molar-refractivity contribution in [2.75, 3.05) is 6.61 Å². The average molecular weight is 298 g/mol. The Morgan fingerprint density at radius 3 is 2.73 bits per heavy atom. The third-order valence-electron chi connectivity index (χ3n) is 3.57. The summed E-state index contributed by atoms with van der Waals surface area (Å²) >= 11 is 0. The molecule has 0 fully saturated rings. The second kappa shape index (κ2) is 6.07. The minimum Gasteiger partial charge on any atom is -0.494 e. The zero-order valence-electron chi connectivity index (χ0n) is 12.4. The van der Waals surface area contributed by atoms with Crippen LogP contribution >= 0.6 is 0 Å². The molecule has 5 nitrogen and oxygen atoms in total. The van der Waals surface area contributed by atoms with Gasteiger partial charge in [0.1, 0.15) is 5.75 Å². The quantitative estimate of drug-likeness (QED) is 0.786. The highest BCUT2D eigenvalue weighted by Gasteiger charge is 2.16. The molecule has 5 heteroatoms. The first kappa shape index (κ1) is 14.4. The number of para-hydroxylation sites is 3. The average Bonchev–Trinajstić information content (AvgIpc) is 2.84. The van der Waals surface area contributed by atoms with E-state index in [4.69, 9.17) is 14.9 Å². The van der Waals surface area contributed by atoms with E-state index in [1.807, 2.05) is 49.4 Å². The molecule has 0 aliphatic rings. The van der Waals surface area contributed by atoms with Gasteiger partial charge in [0.05, 0.1) is 18.2 Å². The van der Waals surface area contributed by atoms with Gasteiger partial charge in [0.15, 0.2) is 5.58 Å². The summed E-state index contributed by atoms with van der Waals surface area (Å²) in [5, 5.41) is 0. The Morgan fingerprint density at radius 2 is 1.91 bits per heavy atom. The first-order valence-corrected chi connectivity index (χ1v) is 7.26. The molecule has 0 aliphatic heterocycles. The van der Waals surface area contributed by atoms with Crippen molar-refractivity contribution in [2.24, 2.45) is 5.73 Å². The van der Waals surface area contributed by atoms with Crippen LogP contribution in [0.25, 0.3) is 11.1 Å². The first-order valence-electron chi connectivity index (χ1n) is 7.26. The molecule has 2 N–H and O–H groups in total. The Morgan fingerprint density at radius 1 is 1.18 bits per heavy atom. The summed E-state index contributed by atoms with van der Waals surface area (Å²) in [5.41, 5.74) is 8.49. The Bertz CT molecular complexity index is 835. The van der Waals surface area contributed by atoms with Gasteiger partial charge in [-0.05, 0) is 25.1 Å². The van der Waals surface area contributed by atoms with Gasteiger partial charge in [0.25, 0.3) is 0 Å². The van der Waals surface area contributed by atoms with Crippen molar-refractivity contribution in [1.29, 1.82) is 0 Å². The molecule has 0 amide bonds. The second-order valence-electron chi connectivity index (χ2n) is 5.02. The zero-order chi connectivity index (χ0) is 15.5. The fraction of sp³-hybridized carbons (Fsp3) is 0.235. The van der Waals surface area contributed by atoms with Crippen LogP contribution in [0, 0.1) is 0 Å². The van der Waals surface area contributed by atoms with Crippen LogP contribution in [0.5, 0.6) is 5.75 Å². The highest BCUT2D eigenvalue weighted by molar-refractivity contribution is 5.72. The van der Waals surface area contributed by atoms with Gasteiger partial charge in [0.2, 0.25) is 0 Å². The third-order valence-corrected chi connectivity index (χ3v) is 3.57. The van der Waals surface area contributed by atoms with E-state index >= 15 is 0 Å². The minimum atomic E-state index is -0.398. The number of fused-ring (bicyclic) bond motifs is 1. The molecule has 0 saturated heterocycles. The number of rotatable bonds is 5. The van der Waals surface area contributed by atoms with E-state index < -0.39 is 5.76 Å². The molecule has 1 aromatic heterocycles. The van der Waals surface area contributed by atoms with Gasteiger partial charge in [-0.1, -0.05) is 30.3 Å². The molecule has 3 rings (SSSR count). The molecule has 1 atom stereocenters. The van der Waals surface area contributed by atoms with Crippen LogP contribution in [0.1, 0.15) is 18.5 Å². The van der Waals surface area contributed by atoms with E-state index in [1.165, 1.54) is 0 Å². The molecule has 0 radical (unpaired) electrons. The molecule has 1 heterocycles. The third kappa shape index (κ3) is 2.63. The van der Waals surface area contributed by atoms with Crippen molar-refractivity contribution in [3.63, 3.8) is 0 Å². The summed E-state index contributed by atoms with van der Waals surface area (Å²) < 4.78 is 12.4. The Labute approximate surface area is 127 Å². The molecule has 0 spiro atoms. The van der Waals surface area contributed by atoms with E-state index in [2.05, 4.69) is 0 Å². The Hall–Kier alpha value is -2.53. The number of nitrogens with two attached hydrogens (primary N) is 1. The van der Waals surface area contributed by atoms with Crippen molar-refractivity contribution >= 4 is 11.1 Å². The van der Waals surface area contributed by atoms with Crippen LogP contribution in [0.15, 0.2) is 57.7 Å². The van der Waals surface area contributed by atoms with Gasteiger partial charge in [-0.25, -0.2) is 4.79 Å². The molecule has 0 bridgehead atoms. The molecule has 114 valence electrons. The number of benzene rings is 2. The van der Waals surface area contributed by atoms with E-state index in [0.717, 1.165) is 16.8 Å². The second-order valence-corrected chi connectivity index (χ2v) is 5.02. The summed E-state index contributed by atoms with van der Waals surface area (Å²) in [7, 11) is 0. The number of hydrogen-bond donors (Lipinski definition) is 1. The molecular weight excluding hydrogens is 280 g/mol. The molecule has 2 aromatic carbocycles. The predicted molar refractivity (Wildman–Crippen MR) is 85.0 cm³/mol. The van der Waals surface area contributed by atoms with Crippen molar-refractivity contribution in [1.82, 2.24) is 4.57 Å². The summed E-state index contributed by atoms with van der Waals surface area (Å²) in [6.07, 6.45) is 0. The normalized spacial score (nSPS) is 12.5. The van der Waals surface area contributed by atoms with Crippen molar-refractivity contribution in [3.05, 3.63) is 64.6 Å². The van der Waals surface area contributed by atoms with Gasteiger partial charge < -0.3 is 14.9 Å². The maximum Gasteiger partial charge on any atom is 0.420 e. The smallest absolute Gasteiger partial charge is 0.420 e. The standard InChI is InChI=1S/C17H18N2O3/c1-2-21-15-9-5-3-7-12(15)13(18)11-19-14-8-4-6-10-16(14)22-17(19)20/h3-10,13H,2,11,18H2,1H3. The zero-order valence-corrected chi connectivity index (χ0v) is 12.4. The maximum atomic E-state index is 12.0. The minimum absolute atomic E-state index is 0.333. The van der Waals surface area contributed by atoms with Gasteiger partial charge in [-0.15, -0.1) is 0 Å². The maximum absolute atomic E-state index is 12.0. The first-order chi connectivity index (χ1) is 10.7. The highest BCUT2D eigenvalue weighted by atomic mass is 16.5. The SMILES string of the molecule is CCOc1ccccc1C(N)Cn1c(=O)oc2ccccc21. The lowest BCUT2D eigenvalue weighted by Gasteiger charge is -2.16.